The van der Waals surface area contributed by atoms with Crippen LogP contribution in [0.3, 0.4) is 0 Å². The lowest BCUT2D eigenvalue weighted by Crippen LogP contribution is -2.52. The lowest BCUT2D eigenvalue weighted by molar-refractivity contribution is -0.145. The predicted molar refractivity (Wildman–Crippen MR) is 68.7 cm³/mol. The first-order valence-corrected chi connectivity index (χ1v) is 6.79. The molecule has 2 atom stereocenters. The number of fused-ring (bicyclic) bond motifs is 1. The average Bonchev–Trinajstić information content (AvgIpc) is 2.24. The van der Waals surface area contributed by atoms with E-state index in [1.54, 1.807) is 0 Å². The molecule has 0 unspecified atom stereocenters. The number of aliphatic hydroxyl groups is 1. The molecule has 1 N–H and O–H groups in total. The molecular weight excluding hydrogens is 212 g/mol. The van der Waals surface area contributed by atoms with Gasteiger partial charge in [-0.2, -0.15) is 0 Å². The molecular formula is C15H24O2. The minimum absolute atomic E-state index is 0.00164. The van der Waals surface area contributed by atoms with Crippen LogP contribution in [0.15, 0.2) is 11.1 Å². The summed E-state index contributed by atoms with van der Waals surface area (Å²) in [5.74, 6) is 0.0141. The molecule has 1 saturated carbocycles. The highest BCUT2D eigenvalue weighted by molar-refractivity contribution is 6.04. The molecule has 2 heteroatoms. The van der Waals surface area contributed by atoms with Gasteiger partial charge in [0.15, 0.2) is 5.78 Å². The average molecular weight is 236 g/mol. The standard InChI is InChI=1S/C15H24O2/c1-10(2)15(17)9-8-14(4)7-5-6-11(3)12(14)13(15)16/h10,17H,5-9H2,1-4H3/t14-,15+/m1/s1. The molecule has 2 aliphatic carbocycles. The van der Waals surface area contributed by atoms with Gasteiger partial charge < -0.3 is 5.11 Å². The van der Waals surface area contributed by atoms with Crippen LogP contribution in [0.2, 0.25) is 0 Å². The van der Waals surface area contributed by atoms with Gasteiger partial charge in [0.05, 0.1) is 0 Å². The molecule has 0 aromatic rings. The minimum atomic E-state index is -1.12. The summed E-state index contributed by atoms with van der Waals surface area (Å²) in [5.41, 5.74) is 1.07. The largest absolute Gasteiger partial charge is 0.381 e. The first-order chi connectivity index (χ1) is 7.81. The van der Waals surface area contributed by atoms with Gasteiger partial charge in [-0.05, 0) is 50.4 Å². The van der Waals surface area contributed by atoms with Crippen molar-refractivity contribution in [1.82, 2.24) is 0 Å². The normalized spacial score (nSPS) is 38.6. The van der Waals surface area contributed by atoms with Crippen LogP contribution < -0.4 is 0 Å². The quantitative estimate of drug-likeness (QED) is 0.759. The van der Waals surface area contributed by atoms with E-state index in [1.165, 1.54) is 12.0 Å². The molecule has 2 aliphatic rings. The molecule has 0 radical (unpaired) electrons. The minimum Gasteiger partial charge on any atom is -0.381 e. The third-order valence-corrected chi connectivity index (χ3v) is 4.94. The van der Waals surface area contributed by atoms with Crippen molar-refractivity contribution in [2.45, 2.75) is 65.4 Å². The maximum Gasteiger partial charge on any atom is 0.191 e. The Kier molecular flexibility index (Phi) is 2.97. The summed E-state index contributed by atoms with van der Waals surface area (Å²) in [6.45, 7) is 8.15. The SMILES string of the molecule is CC1=C2C(=O)[C@@](O)(C(C)C)CC[C@@]2(C)CCC1. The van der Waals surface area contributed by atoms with Gasteiger partial charge in [0.1, 0.15) is 5.60 Å². The lowest BCUT2D eigenvalue weighted by Gasteiger charge is -2.47. The third-order valence-electron chi connectivity index (χ3n) is 4.94. The second kappa shape index (κ2) is 3.94. The summed E-state index contributed by atoms with van der Waals surface area (Å²) in [6.07, 6.45) is 4.86. The van der Waals surface area contributed by atoms with E-state index >= 15 is 0 Å². The smallest absolute Gasteiger partial charge is 0.191 e. The monoisotopic (exact) mass is 236 g/mol. The fourth-order valence-electron chi connectivity index (χ4n) is 3.57. The van der Waals surface area contributed by atoms with E-state index in [0.29, 0.717) is 6.42 Å². The second-order valence-corrected chi connectivity index (χ2v) is 6.48. The maximum absolute atomic E-state index is 12.6. The van der Waals surface area contributed by atoms with E-state index in [2.05, 4.69) is 13.8 Å². The summed E-state index contributed by atoms with van der Waals surface area (Å²) in [7, 11) is 0. The number of rotatable bonds is 1. The summed E-state index contributed by atoms with van der Waals surface area (Å²) < 4.78 is 0. The van der Waals surface area contributed by atoms with Crippen LogP contribution in [0.5, 0.6) is 0 Å². The summed E-state index contributed by atoms with van der Waals surface area (Å²) in [6, 6.07) is 0. The fraction of sp³-hybridized carbons (Fsp3) is 0.800. The van der Waals surface area contributed by atoms with E-state index in [-0.39, 0.29) is 17.1 Å². The molecule has 17 heavy (non-hydrogen) atoms. The van der Waals surface area contributed by atoms with Crippen molar-refractivity contribution in [2.75, 3.05) is 0 Å². The van der Waals surface area contributed by atoms with Gasteiger partial charge in [-0.15, -0.1) is 0 Å². The Morgan fingerprint density at radius 3 is 2.47 bits per heavy atom. The van der Waals surface area contributed by atoms with Crippen molar-refractivity contribution in [3.05, 3.63) is 11.1 Å². The van der Waals surface area contributed by atoms with Crippen molar-refractivity contribution in [1.29, 1.82) is 0 Å². The molecule has 0 aromatic heterocycles. The maximum atomic E-state index is 12.6. The highest BCUT2D eigenvalue weighted by Crippen LogP contribution is 2.51. The van der Waals surface area contributed by atoms with E-state index in [1.807, 2.05) is 13.8 Å². The molecule has 2 nitrogen and oxygen atoms in total. The number of carbonyl (C=O) groups excluding carboxylic acids is 1. The van der Waals surface area contributed by atoms with Crippen LogP contribution in [0, 0.1) is 11.3 Å². The summed E-state index contributed by atoms with van der Waals surface area (Å²) in [4.78, 5) is 12.6. The van der Waals surface area contributed by atoms with E-state index in [0.717, 1.165) is 24.8 Å². The molecule has 0 amide bonds. The first-order valence-electron chi connectivity index (χ1n) is 6.79. The zero-order chi connectivity index (χ0) is 12.8. The van der Waals surface area contributed by atoms with Crippen LogP contribution in [0.1, 0.15) is 59.8 Å². The molecule has 0 saturated heterocycles. The van der Waals surface area contributed by atoms with Crippen molar-refractivity contribution in [3.8, 4) is 0 Å². The summed E-state index contributed by atoms with van der Waals surface area (Å²) in [5, 5.41) is 10.6. The van der Waals surface area contributed by atoms with Gasteiger partial charge in [0.2, 0.25) is 0 Å². The number of allylic oxidation sites excluding steroid dienone is 1. The highest BCUT2D eigenvalue weighted by atomic mass is 16.3. The van der Waals surface area contributed by atoms with E-state index in [4.69, 9.17) is 0 Å². The fourth-order valence-corrected chi connectivity index (χ4v) is 3.57. The van der Waals surface area contributed by atoms with Crippen LogP contribution in [0.4, 0.5) is 0 Å². The molecule has 0 bridgehead atoms. The number of Topliss-reactive ketones (excluding diaryl/α,β-unsaturated/α-hetero) is 1. The van der Waals surface area contributed by atoms with Crippen molar-refractivity contribution < 1.29 is 9.90 Å². The highest BCUT2D eigenvalue weighted by Gasteiger charge is 2.51. The van der Waals surface area contributed by atoms with Gasteiger partial charge >= 0.3 is 0 Å². The van der Waals surface area contributed by atoms with Crippen molar-refractivity contribution >= 4 is 5.78 Å². The first kappa shape index (κ1) is 12.8. The zero-order valence-electron chi connectivity index (χ0n) is 11.5. The van der Waals surface area contributed by atoms with Crippen LogP contribution in [0.25, 0.3) is 0 Å². The number of carbonyl (C=O) groups is 1. The van der Waals surface area contributed by atoms with E-state index < -0.39 is 5.60 Å². The number of ketones is 1. The molecule has 96 valence electrons. The number of hydrogen-bond donors (Lipinski definition) is 1. The summed E-state index contributed by atoms with van der Waals surface area (Å²) >= 11 is 0. The molecule has 1 fully saturated rings. The van der Waals surface area contributed by atoms with Crippen LogP contribution in [-0.4, -0.2) is 16.5 Å². The van der Waals surface area contributed by atoms with Gasteiger partial charge in [0.25, 0.3) is 0 Å². The van der Waals surface area contributed by atoms with Crippen molar-refractivity contribution in [2.24, 2.45) is 11.3 Å². The van der Waals surface area contributed by atoms with Gasteiger partial charge in [-0.3, -0.25) is 4.79 Å². The molecule has 0 spiro atoms. The van der Waals surface area contributed by atoms with Crippen LogP contribution in [-0.2, 0) is 4.79 Å². The topological polar surface area (TPSA) is 37.3 Å². The Balaban J connectivity index is 2.47. The van der Waals surface area contributed by atoms with Gasteiger partial charge in [0, 0.05) is 5.57 Å². The third kappa shape index (κ3) is 1.77. The Bertz CT molecular complexity index is 380. The zero-order valence-corrected chi connectivity index (χ0v) is 11.5. The Morgan fingerprint density at radius 1 is 1.24 bits per heavy atom. The Morgan fingerprint density at radius 2 is 1.88 bits per heavy atom. The Hall–Kier alpha value is -0.630. The van der Waals surface area contributed by atoms with E-state index in [9.17, 15) is 9.90 Å². The lowest BCUT2D eigenvalue weighted by atomic mass is 9.58. The predicted octanol–water partition coefficient (Wildman–Crippen LogP) is 3.24. The van der Waals surface area contributed by atoms with Crippen LogP contribution >= 0.6 is 0 Å². The van der Waals surface area contributed by atoms with Gasteiger partial charge in [-0.25, -0.2) is 0 Å². The molecule has 0 aliphatic heterocycles. The van der Waals surface area contributed by atoms with Gasteiger partial charge in [-0.1, -0.05) is 26.3 Å². The number of hydrogen-bond acceptors (Lipinski definition) is 2. The molecule has 0 aromatic carbocycles. The molecule has 2 rings (SSSR count). The van der Waals surface area contributed by atoms with Crippen molar-refractivity contribution in [3.63, 3.8) is 0 Å². The molecule has 0 heterocycles. The second-order valence-electron chi connectivity index (χ2n) is 6.48. The Labute approximate surface area is 104 Å².